The van der Waals surface area contributed by atoms with Crippen molar-refractivity contribution in [3.63, 3.8) is 0 Å². The molecule has 0 aliphatic carbocycles. The third-order valence-corrected chi connectivity index (χ3v) is 2.72. The Morgan fingerprint density at radius 3 is 2.00 bits per heavy atom. The molecule has 1 unspecified atom stereocenters. The van der Waals surface area contributed by atoms with Gasteiger partial charge in [0, 0.05) is 5.56 Å². The van der Waals surface area contributed by atoms with Crippen LogP contribution in [0.4, 0.5) is 0 Å². The molecular formula is C14H15NO2. The van der Waals surface area contributed by atoms with Crippen molar-refractivity contribution in [1.82, 2.24) is 0 Å². The van der Waals surface area contributed by atoms with Crippen LogP contribution in [0.25, 0.3) is 0 Å². The van der Waals surface area contributed by atoms with E-state index in [1.165, 1.54) is 6.92 Å². The average molecular weight is 229 g/mol. The quantitative estimate of drug-likeness (QED) is 0.591. The second kappa shape index (κ2) is 4.92. The van der Waals surface area contributed by atoms with E-state index in [2.05, 4.69) is 0 Å². The van der Waals surface area contributed by atoms with E-state index in [1.807, 2.05) is 32.9 Å². The fraction of sp³-hybridized carbons (Fsp3) is 0.357. The first-order valence-corrected chi connectivity index (χ1v) is 5.40. The van der Waals surface area contributed by atoms with Crippen molar-refractivity contribution in [3.05, 3.63) is 34.4 Å². The number of rotatable bonds is 3. The number of hydrogen-bond acceptors (Lipinski definition) is 3. The van der Waals surface area contributed by atoms with Crippen molar-refractivity contribution < 1.29 is 9.59 Å². The first kappa shape index (κ1) is 13.1. The van der Waals surface area contributed by atoms with Gasteiger partial charge in [0.2, 0.25) is 0 Å². The molecule has 0 saturated heterocycles. The zero-order valence-corrected chi connectivity index (χ0v) is 10.5. The van der Waals surface area contributed by atoms with Crippen molar-refractivity contribution in [3.8, 4) is 6.07 Å². The Morgan fingerprint density at radius 1 is 1.18 bits per heavy atom. The fourth-order valence-corrected chi connectivity index (χ4v) is 2.05. The van der Waals surface area contributed by atoms with Crippen LogP contribution < -0.4 is 0 Å². The molecule has 0 N–H and O–H groups in total. The topological polar surface area (TPSA) is 57.9 Å². The normalized spacial score (nSPS) is 11.7. The van der Waals surface area contributed by atoms with E-state index in [1.54, 1.807) is 6.07 Å². The Morgan fingerprint density at radius 2 is 1.65 bits per heavy atom. The maximum absolute atomic E-state index is 12.1. The van der Waals surface area contributed by atoms with E-state index in [0.717, 1.165) is 16.7 Å². The summed E-state index contributed by atoms with van der Waals surface area (Å²) in [5.74, 6) is -1.98. The van der Waals surface area contributed by atoms with Gasteiger partial charge in [-0.25, -0.2) is 0 Å². The van der Waals surface area contributed by atoms with E-state index in [9.17, 15) is 9.59 Å². The zero-order valence-electron chi connectivity index (χ0n) is 10.5. The number of benzene rings is 1. The summed E-state index contributed by atoms with van der Waals surface area (Å²) in [4.78, 5) is 23.4. The number of hydrogen-bond donors (Lipinski definition) is 0. The third-order valence-electron chi connectivity index (χ3n) is 2.72. The number of Topliss-reactive ketones (excluding diaryl/α,β-unsaturated/α-hetero) is 2. The smallest absolute Gasteiger partial charge is 0.188 e. The molecule has 88 valence electrons. The largest absolute Gasteiger partial charge is 0.298 e. The lowest BCUT2D eigenvalue weighted by Gasteiger charge is -2.12. The van der Waals surface area contributed by atoms with Crippen LogP contribution in [0, 0.1) is 38.0 Å². The highest BCUT2D eigenvalue weighted by atomic mass is 16.1. The van der Waals surface area contributed by atoms with Gasteiger partial charge in [0.05, 0.1) is 6.07 Å². The fourth-order valence-electron chi connectivity index (χ4n) is 2.05. The molecule has 0 fully saturated rings. The summed E-state index contributed by atoms with van der Waals surface area (Å²) in [6, 6.07) is 5.54. The molecular weight excluding hydrogens is 214 g/mol. The maximum Gasteiger partial charge on any atom is 0.188 e. The lowest BCUT2D eigenvalue weighted by molar-refractivity contribution is -0.118. The Kier molecular flexibility index (Phi) is 3.80. The molecule has 3 heteroatoms. The molecule has 0 aliphatic heterocycles. The Hall–Kier alpha value is -1.95. The molecule has 0 heterocycles. The Balaban J connectivity index is 3.31. The van der Waals surface area contributed by atoms with E-state index in [4.69, 9.17) is 5.26 Å². The number of carbonyl (C=O) groups excluding carboxylic acids is 2. The predicted octanol–water partition coefficient (Wildman–Crippen LogP) is 2.52. The lowest BCUT2D eigenvalue weighted by Crippen LogP contribution is -2.22. The molecule has 1 atom stereocenters. The first-order valence-electron chi connectivity index (χ1n) is 5.40. The molecule has 0 amide bonds. The molecule has 0 aromatic heterocycles. The molecule has 0 saturated carbocycles. The van der Waals surface area contributed by atoms with Gasteiger partial charge < -0.3 is 0 Å². The summed E-state index contributed by atoms with van der Waals surface area (Å²) in [7, 11) is 0. The monoisotopic (exact) mass is 229 g/mol. The molecule has 1 aromatic carbocycles. The van der Waals surface area contributed by atoms with Crippen molar-refractivity contribution in [1.29, 1.82) is 5.26 Å². The van der Waals surface area contributed by atoms with Crippen LogP contribution in [-0.2, 0) is 4.79 Å². The van der Waals surface area contributed by atoms with Crippen LogP contribution in [0.3, 0.4) is 0 Å². The summed E-state index contributed by atoms with van der Waals surface area (Å²) in [6.07, 6.45) is 0. The summed E-state index contributed by atoms with van der Waals surface area (Å²) in [5.41, 5.74) is 3.19. The number of carbonyl (C=O) groups is 2. The molecule has 1 aromatic rings. The van der Waals surface area contributed by atoms with Gasteiger partial charge in [-0.05, 0) is 38.8 Å². The molecule has 0 radical (unpaired) electrons. The SMILES string of the molecule is CC(=O)C(C#N)C(=O)c1c(C)cc(C)cc1C. The lowest BCUT2D eigenvalue weighted by atomic mass is 9.89. The molecule has 3 nitrogen and oxygen atoms in total. The Labute approximate surface area is 101 Å². The summed E-state index contributed by atoms with van der Waals surface area (Å²) >= 11 is 0. The van der Waals surface area contributed by atoms with Gasteiger partial charge in [-0.3, -0.25) is 9.59 Å². The van der Waals surface area contributed by atoms with E-state index < -0.39 is 17.5 Å². The second-order valence-corrected chi connectivity index (χ2v) is 4.31. The van der Waals surface area contributed by atoms with Crippen LogP contribution in [0.1, 0.15) is 34.0 Å². The van der Waals surface area contributed by atoms with Crippen molar-refractivity contribution >= 4 is 11.6 Å². The minimum Gasteiger partial charge on any atom is -0.298 e. The van der Waals surface area contributed by atoms with Crippen LogP contribution in [0.5, 0.6) is 0 Å². The van der Waals surface area contributed by atoms with Gasteiger partial charge in [-0.15, -0.1) is 0 Å². The van der Waals surface area contributed by atoms with Crippen LogP contribution in [-0.4, -0.2) is 11.6 Å². The molecule has 1 rings (SSSR count). The van der Waals surface area contributed by atoms with Gasteiger partial charge in [0.1, 0.15) is 0 Å². The van der Waals surface area contributed by atoms with Gasteiger partial charge in [-0.1, -0.05) is 17.7 Å². The summed E-state index contributed by atoms with van der Waals surface area (Å²) < 4.78 is 0. The number of ketones is 2. The van der Waals surface area contributed by atoms with Crippen molar-refractivity contribution in [2.45, 2.75) is 27.7 Å². The van der Waals surface area contributed by atoms with E-state index in [-0.39, 0.29) is 0 Å². The summed E-state index contributed by atoms with van der Waals surface area (Å²) in [5, 5.41) is 8.87. The summed E-state index contributed by atoms with van der Waals surface area (Å²) in [6.45, 7) is 6.86. The highest BCUT2D eigenvalue weighted by molar-refractivity contribution is 6.13. The Bertz CT molecular complexity index is 501. The van der Waals surface area contributed by atoms with Gasteiger partial charge in [-0.2, -0.15) is 5.26 Å². The number of nitriles is 1. The van der Waals surface area contributed by atoms with Gasteiger partial charge in [0.15, 0.2) is 17.5 Å². The first-order chi connectivity index (χ1) is 7.88. The second-order valence-electron chi connectivity index (χ2n) is 4.31. The van der Waals surface area contributed by atoms with Crippen LogP contribution in [0.15, 0.2) is 12.1 Å². The van der Waals surface area contributed by atoms with Crippen LogP contribution >= 0.6 is 0 Å². The minimum absolute atomic E-state index is 0.394. The zero-order chi connectivity index (χ0) is 13.2. The van der Waals surface area contributed by atoms with Crippen molar-refractivity contribution in [2.75, 3.05) is 0 Å². The molecule has 17 heavy (non-hydrogen) atoms. The van der Waals surface area contributed by atoms with E-state index in [0.29, 0.717) is 5.56 Å². The highest BCUT2D eigenvalue weighted by Crippen LogP contribution is 2.20. The number of nitrogens with zero attached hydrogens (tertiary/aromatic N) is 1. The molecule has 0 aliphatic rings. The minimum atomic E-state index is -1.19. The number of aryl methyl sites for hydroxylation is 3. The third kappa shape index (κ3) is 2.59. The van der Waals surface area contributed by atoms with Crippen LogP contribution in [0.2, 0.25) is 0 Å². The highest BCUT2D eigenvalue weighted by Gasteiger charge is 2.26. The predicted molar refractivity (Wildman–Crippen MR) is 64.8 cm³/mol. The maximum atomic E-state index is 12.1. The van der Waals surface area contributed by atoms with Gasteiger partial charge >= 0.3 is 0 Å². The average Bonchev–Trinajstić information content (AvgIpc) is 2.15. The molecule has 0 bridgehead atoms. The van der Waals surface area contributed by atoms with Gasteiger partial charge in [0.25, 0.3) is 0 Å². The standard InChI is InChI=1S/C14H15NO2/c1-8-5-9(2)13(10(3)6-8)14(17)12(7-15)11(4)16/h5-6,12H,1-4H3. The molecule has 0 spiro atoms. The van der Waals surface area contributed by atoms with E-state index >= 15 is 0 Å². The van der Waals surface area contributed by atoms with Crippen molar-refractivity contribution in [2.24, 2.45) is 5.92 Å².